The first-order valence-corrected chi connectivity index (χ1v) is 7.36. The van der Waals surface area contributed by atoms with Crippen LogP contribution in [0.1, 0.15) is 33.1 Å². The molecule has 0 amide bonds. The Morgan fingerprint density at radius 2 is 2.06 bits per heavy atom. The zero-order chi connectivity index (χ0) is 12.3. The van der Waals surface area contributed by atoms with E-state index in [9.17, 15) is 0 Å². The molecule has 17 heavy (non-hydrogen) atoms. The van der Waals surface area contributed by atoms with Gasteiger partial charge in [0.2, 0.25) is 0 Å². The number of hydrogen-bond acceptors (Lipinski definition) is 3. The van der Waals surface area contributed by atoms with Gasteiger partial charge in [-0.05, 0) is 45.7 Å². The summed E-state index contributed by atoms with van der Waals surface area (Å²) in [4.78, 5) is 5.14. The van der Waals surface area contributed by atoms with Gasteiger partial charge < -0.3 is 10.2 Å². The topological polar surface area (TPSA) is 18.5 Å². The second-order valence-electron chi connectivity index (χ2n) is 5.99. The summed E-state index contributed by atoms with van der Waals surface area (Å²) in [5.41, 5.74) is 0. The summed E-state index contributed by atoms with van der Waals surface area (Å²) in [6.07, 6.45) is 4.15. The molecule has 1 saturated carbocycles. The van der Waals surface area contributed by atoms with Crippen molar-refractivity contribution in [3.8, 4) is 0 Å². The van der Waals surface area contributed by atoms with E-state index in [1.54, 1.807) is 0 Å². The Balaban J connectivity index is 1.77. The maximum atomic E-state index is 3.75. The van der Waals surface area contributed by atoms with Gasteiger partial charge in [-0.25, -0.2) is 0 Å². The van der Waals surface area contributed by atoms with Crippen molar-refractivity contribution in [1.82, 2.24) is 15.1 Å². The Morgan fingerprint density at radius 3 is 2.65 bits per heavy atom. The quantitative estimate of drug-likeness (QED) is 0.756. The number of nitrogens with one attached hydrogen (secondary N) is 1. The van der Waals surface area contributed by atoms with Crippen molar-refractivity contribution >= 4 is 0 Å². The van der Waals surface area contributed by atoms with E-state index in [0.29, 0.717) is 0 Å². The normalized spacial score (nSPS) is 29.5. The fourth-order valence-electron chi connectivity index (χ4n) is 2.78. The predicted molar refractivity (Wildman–Crippen MR) is 73.3 cm³/mol. The molecule has 3 nitrogen and oxygen atoms in total. The first-order chi connectivity index (χ1) is 8.20. The molecule has 1 saturated heterocycles. The van der Waals surface area contributed by atoms with Crippen molar-refractivity contribution in [1.29, 1.82) is 0 Å². The third-order valence-electron chi connectivity index (χ3n) is 4.35. The Bertz CT molecular complexity index is 228. The smallest absolute Gasteiger partial charge is 0.0223 e. The van der Waals surface area contributed by atoms with Gasteiger partial charge >= 0.3 is 0 Å². The van der Waals surface area contributed by atoms with Crippen LogP contribution in [0.4, 0.5) is 0 Å². The molecule has 1 aliphatic heterocycles. The number of hydrogen-bond donors (Lipinski definition) is 1. The zero-order valence-corrected chi connectivity index (χ0v) is 11.8. The highest BCUT2D eigenvalue weighted by Gasteiger charge is 2.33. The standard InChI is InChI=1S/C14H29N3/c1-4-7-15-14(13-5-6-13)11-17-9-8-16(3)12(2)10-17/h12-15H,4-11H2,1-3H3. The third-order valence-corrected chi connectivity index (χ3v) is 4.35. The van der Waals surface area contributed by atoms with Crippen LogP contribution in [0, 0.1) is 5.92 Å². The highest BCUT2D eigenvalue weighted by Crippen LogP contribution is 2.33. The number of likely N-dealkylation sites (N-methyl/N-ethyl adjacent to an activating group) is 1. The van der Waals surface area contributed by atoms with Crippen molar-refractivity contribution in [3.05, 3.63) is 0 Å². The van der Waals surface area contributed by atoms with Gasteiger partial charge in [0.05, 0.1) is 0 Å². The van der Waals surface area contributed by atoms with E-state index >= 15 is 0 Å². The van der Waals surface area contributed by atoms with E-state index in [1.165, 1.54) is 52.0 Å². The fraction of sp³-hybridized carbons (Fsp3) is 1.00. The van der Waals surface area contributed by atoms with Gasteiger partial charge in [0, 0.05) is 38.3 Å². The van der Waals surface area contributed by atoms with Gasteiger partial charge in [0.15, 0.2) is 0 Å². The molecule has 0 aromatic rings. The molecule has 0 spiro atoms. The average Bonchev–Trinajstić information content (AvgIpc) is 3.13. The second-order valence-corrected chi connectivity index (χ2v) is 5.99. The van der Waals surface area contributed by atoms with Crippen LogP contribution in [0.15, 0.2) is 0 Å². The van der Waals surface area contributed by atoms with Gasteiger partial charge in [-0.1, -0.05) is 6.92 Å². The first-order valence-electron chi connectivity index (χ1n) is 7.36. The van der Waals surface area contributed by atoms with Crippen LogP contribution < -0.4 is 5.32 Å². The van der Waals surface area contributed by atoms with Crippen LogP contribution in [0.5, 0.6) is 0 Å². The van der Waals surface area contributed by atoms with Crippen LogP contribution in [-0.4, -0.2) is 61.7 Å². The maximum absolute atomic E-state index is 3.75. The molecule has 100 valence electrons. The molecule has 0 radical (unpaired) electrons. The molecule has 0 aromatic carbocycles. The SMILES string of the molecule is CCCNC(CN1CCN(C)C(C)C1)C1CC1. The Hall–Kier alpha value is -0.120. The summed E-state index contributed by atoms with van der Waals surface area (Å²) in [5, 5.41) is 3.75. The van der Waals surface area contributed by atoms with Crippen molar-refractivity contribution < 1.29 is 0 Å². The molecular weight excluding hydrogens is 210 g/mol. The molecule has 1 heterocycles. The van der Waals surface area contributed by atoms with Gasteiger partial charge in [-0.2, -0.15) is 0 Å². The van der Waals surface area contributed by atoms with E-state index in [-0.39, 0.29) is 0 Å². The molecule has 2 fully saturated rings. The maximum Gasteiger partial charge on any atom is 0.0223 e. The summed E-state index contributed by atoms with van der Waals surface area (Å²) >= 11 is 0. The van der Waals surface area contributed by atoms with Crippen molar-refractivity contribution in [2.75, 3.05) is 39.8 Å². The lowest BCUT2D eigenvalue weighted by molar-refractivity contribution is 0.0946. The van der Waals surface area contributed by atoms with Gasteiger partial charge in [-0.3, -0.25) is 4.90 Å². The number of piperazine rings is 1. The predicted octanol–water partition coefficient (Wildman–Crippen LogP) is 1.40. The first kappa shape index (κ1) is 13.3. The van der Waals surface area contributed by atoms with Crippen molar-refractivity contribution in [2.45, 2.75) is 45.2 Å². The molecule has 3 heteroatoms. The molecule has 1 aliphatic carbocycles. The fourth-order valence-corrected chi connectivity index (χ4v) is 2.78. The van der Waals surface area contributed by atoms with Crippen LogP contribution in [0.3, 0.4) is 0 Å². The molecule has 0 bridgehead atoms. The molecule has 0 aromatic heterocycles. The van der Waals surface area contributed by atoms with Gasteiger partial charge in [0.1, 0.15) is 0 Å². The lowest BCUT2D eigenvalue weighted by Crippen LogP contribution is -2.53. The van der Waals surface area contributed by atoms with E-state index in [2.05, 4.69) is 36.0 Å². The van der Waals surface area contributed by atoms with Crippen molar-refractivity contribution in [2.24, 2.45) is 5.92 Å². The minimum Gasteiger partial charge on any atom is -0.312 e. The largest absolute Gasteiger partial charge is 0.312 e. The molecule has 2 aliphatic rings. The lowest BCUT2D eigenvalue weighted by Gasteiger charge is -2.39. The van der Waals surface area contributed by atoms with E-state index in [4.69, 9.17) is 0 Å². The molecule has 2 atom stereocenters. The highest BCUT2D eigenvalue weighted by molar-refractivity contribution is 4.90. The van der Waals surface area contributed by atoms with Crippen molar-refractivity contribution in [3.63, 3.8) is 0 Å². The minimum absolute atomic E-state index is 0.717. The molecule has 2 rings (SSSR count). The van der Waals surface area contributed by atoms with Crippen LogP contribution in [0.2, 0.25) is 0 Å². The molecule has 2 unspecified atom stereocenters. The van der Waals surface area contributed by atoms with Crippen LogP contribution in [0.25, 0.3) is 0 Å². The number of rotatable bonds is 6. The summed E-state index contributed by atoms with van der Waals surface area (Å²) in [5.74, 6) is 0.969. The summed E-state index contributed by atoms with van der Waals surface area (Å²) in [6, 6.07) is 1.47. The minimum atomic E-state index is 0.717. The van der Waals surface area contributed by atoms with E-state index in [1.807, 2.05) is 0 Å². The molecule has 1 N–H and O–H groups in total. The highest BCUT2D eigenvalue weighted by atomic mass is 15.3. The van der Waals surface area contributed by atoms with Crippen LogP contribution >= 0.6 is 0 Å². The summed E-state index contributed by atoms with van der Waals surface area (Å²) in [6.45, 7) is 10.8. The van der Waals surface area contributed by atoms with Gasteiger partial charge in [-0.15, -0.1) is 0 Å². The Labute approximate surface area is 107 Å². The Morgan fingerprint density at radius 1 is 1.29 bits per heavy atom. The van der Waals surface area contributed by atoms with E-state index < -0.39 is 0 Å². The summed E-state index contributed by atoms with van der Waals surface area (Å²) < 4.78 is 0. The number of nitrogens with zero attached hydrogens (tertiary/aromatic N) is 2. The summed E-state index contributed by atoms with van der Waals surface area (Å²) in [7, 11) is 2.25. The average molecular weight is 239 g/mol. The van der Waals surface area contributed by atoms with Crippen LogP contribution in [-0.2, 0) is 0 Å². The lowest BCUT2D eigenvalue weighted by atomic mass is 10.1. The van der Waals surface area contributed by atoms with E-state index in [0.717, 1.165) is 18.0 Å². The second kappa shape index (κ2) is 6.17. The third kappa shape index (κ3) is 3.94. The van der Waals surface area contributed by atoms with Gasteiger partial charge in [0.25, 0.3) is 0 Å². The zero-order valence-electron chi connectivity index (χ0n) is 11.8. The Kier molecular flexibility index (Phi) is 4.83. The monoisotopic (exact) mass is 239 g/mol. The molecular formula is C14H29N3.